The van der Waals surface area contributed by atoms with Crippen LogP contribution in [0.15, 0.2) is 97.2 Å². The van der Waals surface area contributed by atoms with Crippen molar-refractivity contribution in [3.05, 3.63) is 114 Å². The predicted octanol–water partition coefficient (Wildman–Crippen LogP) is 1.27. The van der Waals surface area contributed by atoms with Gasteiger partial charge < -0.3 is 43.7 Å². The number of carbonyl (C=O) groups excluding carboxylic acids is 2. The van der Waals surface area contributed by atoms with Gasteiger partial charge in [-0.05, 0) is 54.1 Å². The van der Waals surface area contributed by atoms with Crippen molar-refractivity contribution in [3.8, 4) is 11.5 Å². The van der Waals surface area contributed by atoms with E-state index in [2.05, 4.69) is 5.32 Å². The number of ether oxygens (including phenoxy) is 2. The fourth-order valence-electron chi connectivity index (χ4n) is 3.99. The van der Waals surface area contributed by atoms with E-state index in [9.17, 15) is 9.59 Å². The molecule has 0 fully saturated rings. The maximum atomic E-state index is 12.9. The van der Waals surface area contributed by atoms with E-state index < -0.39 is 0 Å². The number of aromatic nitrogens is 1. The largest absolute Gasteiger partial charge is 1.00 e. The highest BCUT2D eigenvalue weighted by Crippen LogP contribution is 2.34. The lowest BCUT2D eigenvalue weighted by atomic mass is 10.1. The quantitative estimate of drug-likeness (QED) is 0.254. The van der Waals surface area contributed by atoms with Crippen LogP contribution in [0.25, 0.3) is 0 Å². The van der Waals surface area contributed by atoms with E-state index in [1.165, 1.54) is 0 Å². The molecule has 0 saturated carbocycles. The fraction of sp³-hybridized carbons (Fsp3) is 0.138. The van der Waals surface area contributed by atoms with Gasteiger partial charge in [-0.25, -0.2) is 4.57 Å². The van der Waals surface area contributed by atoms with Crippen LogP contribution in [-0.2, 0) is 25.0 Å². The third kappa shape index (κ3) is 6.26. The summed E-state index contributed by atoms with van der Waals surface area (Å²) in [5, 5.41) is 2.90. The SMILES string of the molecule is C[n+]1ccccc1COc1ccc(NC(=O)c2ccc3c(c2)OCC(=O)N3Cc2ccccc2)cc1.[I-]. The van der Waals surface area contributed by atoms with Crippen molar-refractivity contribution >= 4 is 23.2 Å². The van der Waals surface area contributed by atoms with Gasteiger partial charge >= 0.3 is 0 Å². The van der Waals surface area contributed by atoms with Crippen LogP contribution in [0.4, 0.5) is 11.4 Å². The molecular weight excluding hydrogens is 581 g/mol. The van der Waals surface area contributed by atoms with Crippen LogP contribution in [0.2, 0.25) is 0 Å². The molecule has 2 amide bonds. The van der Waals surface area contributed by atoms with Crippen molar-refractivity contribution in [2.45, 2.75) is 13.2 Å². The molecule has 3 aromatic carbocycles. The van der Waals surface area contributed by atoms with E-state index in [1.807, 2.05) is 78.5 Å². The van der Waals surface area contributed by atoms with E-state index >= 15 is 0 Å². The Labute approximate surface area is 232 Å². The molecule has 4 aromatic rings. The number of aryl methyl sites for hydroxylation is 1. The van der Waals surface area contributed by atoms with Gasteiger partial charge in [-0.1, -0.05) is 30.3 Å². The van der Waals surface area contributed by atoms with Crippen molar-refractivity contribution in [3.63, 3.8) is 0 Å². The Kier molecular flexibility index (Phi) is 8.39. The lowest BCUT2D eigenvalue weighted by Gasteiger charge is -2.29. The number of hydrogen-bond acceptors (Lipinski definition) is 4. The molecule has 0 bridgehead atoms. The second kappa shape index (κ2) is 11.9. The molecule has 0 aliphatic carbocycles. The first-order valence-corrected chi connectivity index (χ1v) is 11.7. The second-order valence-electron chi connectivity index (χ2n) is 8.51. The summed E-state index contributed by atoms with van der Waals surface area (Å²) in [6, 6.07) is 28.1. The number of nitrogens with zero attached hydrogens (tertiary/aromatic N) is 2. The zero-order chi connectivity index (χ0) is 24.9. The Morgan fingerprint density at radius 3 is 2.51 bits per heavy atom. The first kappa shape index (κ1) is 26.2. The zero-order valence-corrected chi connectivity index (χ0v) is 22.4. The fourth-order valence-corrected chi connectivity index (χ4v) is 3.99. The van der Waals surface area contributed by atoms with E-state index in [0.29, 0.717) is 41.6 Å². The standard InChI is InChI=1S/C29H25N3O4.HI/c1-31-16-6-5-9-24(31)19-35-25-13-11-23(12-14-25)30-29(34)22-10-15-26-27(17-22)36-20-28(33)32(26)18-21-7-3-2-4-8-21;/h2-17H,18-20H2,1H3;1H. The molecule has 0 radical (unpaired) electrons. The monoisotopic (exact) mass is 607 g/mol. The van der Waals surface area contributed by atoms with Crippen LogP contribution in [0.3, 0.4) is 0 Å². The molecule has 5 rings (SSSR count). The molecule has 1 aliphatic heterocycles. The summed E-state index contributed by atoms with van der Waals surface area (Å²) in [6.45, 7) is 0.827. The Bertz CT molecular complexity index is 1390. The van der Waals surface area contributed by atoms with Crippen LogP contribution in [0.5, 0.6) is 11.5 Å². The average molecular weight is 607 g/mol. The van der Waals surface area contributed by atoms with E-state index in [4.69, 9.17) is 9.47 Å². The van der Waals surface area contributed by atoms with E-state index in [1.54, 1.807) is 35.2 Å². The number of halogens is 1. The van der Waals surface area contributed by atoms with Gasteiger partial charge in [-0.3, -0.25) is 9.59 Å². The summed E-state index contributed by atoms with van der Waals surface area (Å²) in [6.07, 6.45) is 1.97. The van der Waals surface area contributed by atoms with Gasteiger partial charge in [0, 0.05) is 23.4 Å². The molecule has 37 heavy (non-hydrogen) atoms. The molecule has 1 aliphatic rings. The van der Waals surface area contributed by atoms with Crippen LogP contribution in [0, 0.1) is 0 Å². The van der Waals surface area contributed by atoms with Gasteiger partial charge in [-0.15, -0.1) is 0 Å². The highest BCUT2D eigenvalue weighted by Gasteiger charge is 2.26. The van der Waals surface area contributed by atoms with Crippen LogP contribution < -0.4 is 48.2 Å². The number of amides is 2. The number of anilines is 2. The highest BCUT2D eigenvalue weighted by molar-refractivity contribution is 6.06. The summed E-state index contributed by atoms with van der Waals surface area (Å²) in [7, 11) is 1.97. The summed E-state index contributed by atoms with van der Waals surface area (Å²) in [5.41, 5.74) is 3.82. The minimum absolute atomic E-state index is 0. The third-order valence-corrected chi connectivity index (χ3v) is 6.01. The minimum Gasteiger partial charge on any atom is -1.00 e. The summed E-state index contributed by atoms with van der Waals surface area (Å²) in [4.78, 5) is 27.1. The number of rotatable bonds is 7. The van der Waals surface area contributed by atoms with E-state index in [-0.39, 0.29) is 42.4 Å². The Hall–Kier alpha value is -3.92. The predicted molar refractivity (Wildman–Crippen MR) is 136 cm³/mol. The van der Waals surface area contributed by atoms with Crippen LogP contribution in [-0.4, -0.2) is 18.4 Å². The van der Waals surface area contributed by atoms with Gasteiger partial charge in [-0.2, -0.15) is 0 Å². The maximum Gasteiger partial charge on any atom is 0.265 e. The number of fused-ring (bicyclic) bond motifs is 1. The normalized spacial score (nSPS) is 12.1. The maximum absolute atomic E-state index is 12.9. The van der Waals surface area contributed by atoms with E-state index in [0.717, 1.165) is 11.3 Å². The number of nitrogens with one attached hydrogen (secondary N) is 1. The number of carbonyl (C=O) groups is 2. The third-order valence-electron chi connectivity index (χ3n) is 6.01. The lowest BCUT2D eigenvalue weighted by molar-refractivity contribution is -0.680. The lowest BCUT2D eigenvalue weighted by Crippen LogP contribution is -3.00. The van der Waals surface area contributed by atoms with Gasteiger partial charge in [0.15, 0.2) is 19.4 Å². The molecular formula is C29H26IN3O4. The summed E-state index contributed by atoms with van der Waals surface area (Å²) in [5.74, 6) is 0.836. The number of benzene rings is 3. The molecule has 0 saturated heterocycles. The Morgan fingerprint density at radius 1 is 1.00 bits per heavy atom. The highest BCUT2D eigenvalue weighted by atomic mass is 127. The van der Waals surface area contributed by atoms with Crippen molar-refractivity contribution in [2.24, 2.45) is 7.05 Å². The molecule has 1 aromatic heterocycles. The first-order valence-electron chi connectivity index (χ1n) is 11.7. The molecule has 0 unspecified atom stereocenters. The molecule has 0 atom stereocenters. The first-order chi connectivity index (χ1) is 17.6. The smallest absolute Gasteiger partial charge is 0.265 e. The molecule has 1 N–H and O–H groups in total. The molecule has 8 heteroatoms. The molecule has 2 heterocycles. The average Bonchev–Trinajstić information content (AvgIpc) is 2.91. The second-order valence-corrected chi connectivity index (χ2v) is 8.51. The molecule has 188 valence electrons. The Morgan fingerprint density at radius 2 is 1.76 bits per heavy atom. The van der Waals surface area contributed by atoms with Crippen molar-refractivity contribution in [1.29, 1.82) is 0 Å². The summed E-state index contributed by atoms with van der Waals surface area (Å²) < 4.78 is 13.5. The van der Waals surface area contributed by atoms with Crippen molar-refractivity contribution in [1.82, 2.24) is 0 Å². The molecule has 7 nitrogen and oxygen atoms in total. The molecule has 0 spiro atoms. The van der Waals surface area contributed by atoms with Crippen LogP contribution >= 0.6 is 0 Å². The van der Waals surface area contributed by atoms with Gasteiger partial charge in [0.05, 0.1) is 12.2 Å². The van der Waals surface area contributed by atoms with Crippen LogP contribution in [0.1, 0.15) is 21.6 Å². The number of hydrogen-bond donors (Lipinski definition) is 1. The van der Waals surface area contributed by atoms with Gasteiger partial charge in [0.25, 0.3) is 11.8 Å². The Balaban J connectivity index is 0.00000320. The summed E-state index contributed by atoms with van der Waals surface area (Å²) >= 11 is 0. The number of pyridine rings is 1. The van der Waals surface area contributed by atoms with Crippen molar-refractivity contribution < 1.29 is 47.6 Å². The van der Waals surface area contributed by atoms with Gasteiger partial charge in [0.1, 0.15) is 18.5 Å². The van der Waals surface area contributed by atoms with Crippen molar-refractivity contribution in [2.75, 3.05) is 16.8 Å². The topological polar surface area (TPSA) is 71.7 Å². The zero-order valence-electron chi connectivity index (χ0n) is 20.3. The van der Waals surface area contributed by atoms with Gasteiger partial charge in [0.2, 0.25) is 5.69 Å². The minimum atomic E-state index is -0.266.